The van der Waals surface area contributed by atoms with Crippen molar-refractivity contribution in [1.82, 2.24) is 20.0 Å². The predicted molar refractivity (Wildman–Crippen MR) is 107 cm³/mol. The molecule has 9 heteroatoms. The number of aromatic nitrogens is 2. The van der Waals surface area contributed by atoms with Gasteiger partial charge in [-0.1, -0.05) is 6.92 Å². The first-order valence-corrected chi connectivity index (χ1v) is 9.82. The van der Waals surface area contributed by atoms with Gasteiger partial charge >= 0.3 is 6.03 Å². The molecule has 0 radical (unpaired) electrons. The second kappa shape index (κ2) is 9.71. The Labute approximate surface area is 169 Å². The van der Waals surface area contributed by atoms with Crippen molar-refractivity contribution in [1.29, 1.82) is 0 Å². The van der Waals surface area contributed by atoms with Crippen LogP contribution in [0.5, 0.6) is 5.75 Å². The third kappa shape index (κ3) is 5.91. The van der Waals surface area contributed by atoms with Crippen LogP contribution in [0.25, 0.3) is 0 Å². The molecule has 0 unspecified atom stereocenters. The lowest BCUT2D eigenvalue weighted by atomic mass is 10.1. The number of carbonyl (C=O) groups is 1. The van der Waals surface area contributed by atoms with Crippen molar-refractivity contribution >= 4 is 11.8 Å². The molecule has 1 aliphatic rings. The monoisotopic (exact) mass is 405 g/mol. The second-order valence-electron chi connectivity index (χ2n) is 7.22. The number of rotatable bonds is 9. The number of halogens is 1. The average Bonchev–Trinajstić information content (AvgIpc) is 3.03. The number of nitrogens with one attached hydrogen (secondary N) is 2. The lowest BCUT2D eigenvalue weighted by Gasteiger charge is -2.39. The second-order valence-corrected chi connectivity index (χ2v) is 7.22. The Kier molecular flexibility index (Phi) is 7.05. The molecule has 0 aliphatic carbocycles. The molecule has 29 heavy (non-hydrogen) atoms. The zero-order valence-electron chi connectivity index (χ0n) is 16.8. The van der Waals surface area contributed by atoms with E-state index >= 15 is 0 Å². The first-order valence-electron chi connectivity index (χ1n) is 9.82. The van der Waals surface area contributed by atoms with Gasteiger partial charge in [-0.05, 0) is 37.1 Å². The number of hydrogen-bond donors (Lipinski definition) is 3. The Morgan fingerprint density at radius 3 is 2.72 bits per heavy atom. The number of likely N-dealkylation sites (tertiary alicyclic amines) is 1. The van der Waals surface area contributed by atoms with Crippen LogP contribution in [-0.4, -0.2) is 64.2 Å². The van der Waals surface area contributed by atoms with E-state index < -0.39 is 0 Å². The Balaban J connectivity index is 1.36. The topological polar surface area (TPSA) is 91.6 Å². The summed E-state index contributed by atoms with van der Waals surface area (Å²) in [6.45, 7) is 4.12. The maximum Gasteiger partial charge on any atom is 0.320 e. The molecule has 1 fully saturated rings. The number of anilines is 1. The normalized spacial score (nSPS) is 15.6. The fourth-order valence-corrected chi connectivity index (χ4v) is 3.19. The minimum Gasteiger partial charge on any atom is -0.488 e. The van der Waals surface area contributed by atoms with E-state index in [1.807, 2.05) is 13.0 Å². The highest BCUT2D eigenvalue weighted by molar-refractivity contribution is 5.88. The van der Waals surface area contributed by atoms with Crippen LogP contribution in [-0.2, 0) is 13.5 Å². The summed E-state index contributed by atoms with van der Waals surface area (Å²) < 4.78 is 20.3. The Bertz CT molecular complexity index is 805. The number of aryl methyl sites for hydroxylation is 2. The molecule has 2 aromatic rings. The van der Waals surface area contributed by atoms with E-state index in [1.165, 1.54) is 12.1 Å². The molecule has 3 N–H and O–H groups in total. The van der Waals surface area contributed by atoms with E-state index in [0.717, 1.165) is 31.7 Å². The SMILES string of the molecule is CCc1cc(NC(=O)N[C@H](CO)CCN2CC(Oc3ccc(F)cc3)C2)n(C)n1. The van der Waals surface area contributed by atoms with Crippen LogP contribution in [0.3, 0.4) is 0 Å². The van der Waals surface area contributed by atoms with Crippen LogP contribution in [0.4, 0.5) is 15.0 Å². The Morgan fingerprint density at radius 1 is 1.38 bits per heavy atom. The summed E-state index contributed by atoms with van der Waals surface area (Å²) in [5.41, 5.74) is 0.900. The Morgan fingerprint density at radius 2 is 2.10 bits per heavy atom. The van der Waals surface area contributed by atoms with Gasteiger partial charge in [-0.25, -0.2) is 9.18 Å². The molecule has 0 saturated carbocycles. The third-order valence-corrected chi connectivity index (χ3v) is 4.92. The standard InChI is InChI=1S/C20H28FN5O3/c1-3-15-10-19(25(2)24-15)23-20(28)22-16(13-27)8-9-26-11-18(12-26)29-17-6-4-14(21)5-7-17/h4-7,10,16,18,27H,3,8-9,11-13H2,1-2H3,(H2,22,23,28)/t16-/m0/s1. The molecule has 1 aromatic heterocycles. The first-order chi connectivity index (χ1) is 14.0. The first kappa shape index (κ1) is 21.1. The maximum atomic E-state index is 12.9. The molecule has 1 saturated heterocycles. The zero-order chi connectivity index (χ0) is 20.8. The number of amides is 2. The van der Waals surface area contributed by atoms with E-state index in [2.05, 4.69) is 20.6 Å². The fourth-order valence-electron chi connectivity index (χ4n) is 3.19. The van der Waals surface area contributed by atoms with E-state index in [0.29, 0.717) is 18.0 Å². The van der Waals surface area contributed by atoms with Crippen LogP contribution >= 0.6 is 0 Å². The van der Waals surface area contributed by atoms with Crippen LogP contribution in [0.2, 0.25) is 0 Å². The molecular formula is C20H28FN5O3. The van der Waals surface area contributed by atoms with E-state index in [4.69, 9.17) is 4.74 Å². The number of carbonyl (C=O) groups excluding carboxylic acids is 1. The molecular weight excluding hydrogens is 377 g/mol. The smallest absolute Gasteiger partial charge is 0.320 e. The minimum atomic E-state index is -0.365. The summed E-state index contributed by atoms with van der Waals surface area (Å²) in [5.74, 6) is 0.983. The minimum absolute atomic E-state index is 0.0712. The molecule has 3 rings (SSSR count). The average molecular weight is 405 g/mol. The number of aliphatic hydroxyl groups excluding tert-OH is 1. The summed E-state index contributed by atoms with van der Waals surface area (Å²) >= 11 is 0. The molecule has 2 heterocycles. The molecule has 2 amide bonds. The number of nitrogens with zero attached hydrogens (tertiary/aromatic N) is 3. The van der Waals surface area contributed by atoms with Gasteiger partial charge < -0.3 is 15.2 Å². The van der Waals surface area contributed by atoms with E-state index in [1.54, 1.807) is 23.9 Å². The highest BCUT2D eigenvalue weighted by Crippen LogP contribution is 2.19. The van der Waals surface area contributed by atoms with Gasteiger partial charge in [0.1, 0.15) is 23.5 Å². The lowest BCUT2D eigenvalue weighted by molar-refractivity contribution is 0.0168. The maximum absolute atomic E-state index is 12.9. The summed E-state index contributed by atoms with van der Waals surface area (Å²) in [6.07, 6.45) is 1.48. The van der Waals surface area contributed by atoms with Gasteiger partial charge in [0, 0.05) is 32.7 Å². The number of benzene rings is 1. The van der Waals surface area contributed by atoms with Crippen molar-refractivity contribution in [2.24, 2.45) is 7.05 Å². The number of urea groups is 1. The highest BCUT2D eigenvalue weighted by Gasteiger charge is 2.28. The molecule has 1 atom stereocenters. The van der Waals surface area contributed by atoms with Crippen molar-refractivity contribution in [3.63, 3.8) is 0 Å². The zero-order valence-corrected chi connectivity index (χ0v) is 16.8. The quantitative estimate of drug-likeness (QED) is 0.591. The van der Waals surface area contributed by atoms with Gasteiger partial charge in [0.2, 0.25) is 0 Å². The Hall–Kier alpha value is -2.65. The largest absolute Gasteiger partial charge is 0.488 e. The molecule has 0 spiro atoms. The number of ether oxygens (including phenoxy) is 1. The van der Waals surface area contributed by atoms with E-state index in [-0.39, 0.29) is 30.6 Å². The van der Waals surface area contributed by atoms with Crippen LogP contribution in [0.1, 0.15) is 19.0 Å². The summed E-state index contributed by atoms with van der Waals surface area (Å²) in [4.78, 5) is 14.4. The summed E-state index contributed by atoms with van der Waals surface area (Å²) in [5, 5.41) is 19.4. The van der Waals surface area contributed by atoms with Gasteiger partial charge in [-0.15, -0.1) is 0 Å². The molecule has 0 bridgehead atoms. The molecule has 8 nitrogen and oxygen atoms in total. The predicted octanol–water partition coefficient (Wildman–Crippen LogP) is 1.76. The van der Waals surface area contributed by atoms with E-state index in [9.17, 15) is 14.3 Å². The van der Waals surface area contributed by atoms with Crippen molar-refractivity contribution in [3.8, 4) is 5.75 Å². The molecule has 1 aromatic carbocycles. The van der Waals surface area contributed by atoms with Crippen LogP contribution in [0.15, 0.2) is 30.3 Å². The van der Waals surface area contributed by atoms with Crippen LogP contribution < -0.4 is 15.4 Å². The van der Waals surface area contributed by atoms with Gasteiger partial charge in [-0.3, -0.25) is 14.9 Å². The van der Waals surface area contributed by atoms with Crippen molar-refractivity contribution < 1.29 is 19.0 Å². The van der Waals surface area contributed by atoms with Crippen molar-refractivity contribution in [2.75, 3.05) is 31.6 Å². The number of aliphatic hydroxyl groups is 1. The molecule has 1 aliphatic heterocycles. The van der Waals surface area contributed by atoms with Gasteiger partial charge in [0.25, 0.3) is 0 Å². The fraction of sp³-hybridized carbons (Fsp3) is 0.500. The van der Waals surface area contributed by atoms with Crippen LogP contribution in [0, 0.1) is 5.82 Å². The third-order valence-electron chi connectivity index (χ3n) is 4.92. The molecule has 158 valence electrons. The highest BCUT2D eigenvalue weighted by atomic mass is 19.1. The van der Waals surface area contributed by atoms with Gasteiger partial charge in [-0.2, -0.15) is 5.10 Å². The van der Waals surface area contributed by atoms with Gasteiger partial charge in [0.05, 0.1) is 18.3 Å². The van der Waals surface area contributed by atoms with Crippen molar-refractivity contribution in [2.45, 2.75) is 31.9 Å². The van der Waals surface area contributed by atoms with Crippen molar-refractivity contribution in [3.05, 3.63) is 41.8 Å². The summed E-state index contributed by atoms with van der Waals surface area (Å²) in [6, 6.07) is 7.12. The van der Waals surface area contributed by atoms with Gasteiger partial charge in [0.15, 0.2) is 0 Å². The lowest BCUT2D eigenvalue weighted by Crippen LogP contribution is -2.55. The number of hydrogen-bond acceptors (Lipinski definition) is 5. The summed E-state index contributed by atoms with van der Waals surface area (Å²) in [7, 11) is 1.77.